The van der Waals surface area contributed by atoms with Gasteiger partial charge in [-0.05, 0) is 37.8 Å². The van der Waals surface area contributed by atoms with E-state index < -0.39 is 20.0 Å². The molecule has 0 bridgehead atoms. The molecule has 3 rings (SSSR count). The van der Waals surface area contributed by atoms with Gasteiger partial charge in [-0.25, -0.2) is 21.1 Å². The van der Waals surface area contributed by atoms with Crippen molar-refractivity contribution in [2.75, 3.05) is 32.4 Å². The van der Waals surface area contributed by atoms with Crippen LogP contribution < -0.4 is 5.32 Å². The number of carbonyl (C=O) groups excluding carboxylic acids is 1. The molecular formula is C18H25Cl2N3O5S2. The highest BCUT2D eigenvalue weighted by Crippen LogP contribution is 2.33. The number of sulfonamides is 2. The first-order valence-corrected chi connectivity index (χ1v) is 13.7. The lowest BCUT2D eigenvalue weighted by Crippen LogP contribution is -2.51. The molecule has 2 aliphatic heterocycles. The van der Waals surface area contributed by atoms with Crippen LogP contribution in [0.4, 0.5) is 0 Å². The van der Waals surface area contributed by atoms with Crippen LogP contribution in [0.5, 0.6) is 0 Å². The summed E-state index contributed by atoms with van der Waals surface area (Å²) in [5, 5.41) is 3.07. The van der Waals surface area contributed by atoms with E-state index in [2.05, 4.69) is 5.32 Å². The molecular weight excluding hydrogens is 473 g/mol. The fourth-order valence-electron chi connectivity index (χ4n) is 3.90. The third-order valence-corrected chi connectivity index (χ3v) is 9.67. The average Bonchev–Trinajstić information content (AvgIpc) is 2.67. The number of hydrogen-bond donors (Lipinski definition) is 1. The highest BCUT2D eigenvalue weighted by atomic mass is 35.5. The third-order valence-electron chi connectivity index (χ3n) is 5.54. The van der Waals surface area contributed by atoms with Crippen LogP contribution >= 0.6 is 23.2 Å². The van der Waals surface area contributed by atoms with Crippen molar-refractivity contribution in [3.8, 4) is 0 Å². The maximum Gasteiger partial charge on any atom is 0.246 e. The molecule has 1 unspecified atom stereocenters. The third kappa shape index (κ3) is 5.28. The van der Waals surface area contributed by atoms with Crippen LogP contribution in [-0.4, -0.2) is 69.8 Å². The lowest BCUT2D eigenvalue weighted by molar-refractivity contribution is -0.127. The molecule has 12 heteroatoms. The Balaban J connectivity index is 1.59. The minimum absolute atomic E-state index is 0.0649. The van der Waals surface area contributed by atoms with Crippen molar-refractivity contribution >= 4 is 49.2 Å². The second-order valence-electron chi connectivity index (χ2n) is 7.70. The van der Waals surface area contributed by atoms with Gasteiger partial charge in [0.1, 0.15) is 4.90 Å². The predicted molar refractivity (Wildman–Crippen MR) is 116 cm³/mol. The summed E-state index contributed by atoms with van der Waals surface area (Å²) in [5.41, 5.74) is 0. The van der Waals surface area contributed by atoms with Crippen molar-refractivity contribution in [2.24, 2.45) is 5.92 Å². The predicted octanol–water partition coefficient (Wildman–Crippen LogP) is 1.93. The van der Waals surface area contributed by atoms with E-state index in [9.17, 15) is 21.6 Å². The first-order valence-electron chi connectivity index (χ1n) is 9.70. The van der Waals surface area contributed by atoms with E-state index in [0.29, 0.717) is 25.8 Å². The second kappa shape index (κ2) is 9.30. The monoisotopic (exact) mass is 497 g/mol. The van der Waals surface area contributed by atoms with Crippen molar-refractivity contribution in [1.82, 2.24) is 13.9 Å². The van der Waals surface area contributed by atoms with Gasteiger partial charge in [0, 0.05) is 38.1 Å². The van der Waals surface area contributed by atoms with Gasteiger partial charge >= 0.3 is 0 Å². The number of halogens is 2. The highest BCUT2D eigenvalue weighted by molar-refractivity contribution is 7.89. The zero-order chi connectivity index (χ0) is 22.1. The van der Waals surface area contributed by atoms with Crippen molar-refractivity contribution in [3.05, 3.63) is 28.2 Å². The van der Waals surface area contributed by atoms with Gasteiger partial charge in [0.15, 0.2) is 0 Å². The number of carbonyl (C=O) groups is 1. The Morgan fingerprint density at radius 1 is 1.00 bits per heavy atom. The zero-order valence-corrected chi connectivity index (χ0v) is 19.7. The molecule has 1 aromatic rings. The summed E-state index contributed by atoms with van der Waals surface area (Å²) in [4.78, 5) is 12.6. The summed E-state index contributed by atoms with van der Waals surface area (Å²) < 4.78 is 52.1. The van der Waals surface area contributed by atoms with Crippen molar-refractivity contribution in [1.29, 1.82) is 0 Å². The number of benzene rings is 1. The van der Waals surface area contributed by atoms with E-state index in [0.717, 1.165) is 6.42 Å². The van der Waals surface area contributed by atoms with Crippen molar-refractivity contribution < 1.29 is 21.6 Å². The average molecular weight is 498 g/mol. The fraction of sp³-hybridized carbons (Fsp3) is 0.611. The molecule has 1 amide bonds. The summed E-state index contributed by atoms with van der Waals surface area (Å²) in [5.74, 6) is -0.491. The number of rotatable bonds is 5. The fourth-order valence-corrected chi connectivity index (χ4v) is 7.37. The molecule has 30 heavy (non-hydrogen) atoms. The molecule has 1 atom stereocenters. The van der Waals surface area contributed by atoms with Gasteiger partial charge in [0.05, 0.1) is 16.3 Å². The van der Waals surface area contributed by atoms with Crippen molar-refractivity contribution in [3.63, 3.8) is 0 Å². The van der Waals surface area contributed by atoms with Crippen LogP contribution in [0.25, 0.3) is 0 Å². The van der Waals surface area contributed by atoms with E-state index in [1.54, 1.807) is 6.07 Å². The summed E-state index contributed by atoms with van der Waals surface area (Å²) in [7, 11) is -7.15. The number of nitrogens with zero attached hydrogens (tertiary/aromatic N) is 2. The topological polar surface area (TPSA) is 104 Å². The van der Waals surface area contributed by atoms with Crippen LogP contribution in [0.2, 0.25) is 10.0 Å². The molecule has 8 nitrogen and oxygen atoms in total. The van der Waals surface area contributed by atoms with Crippen LogP contribution in [0, 0.1) is 5.92 Å². The zero-order valence-electron chi connectivity index (χ0n) is 16.6. The number of amides is 1. The van der Waals surface area contributed by atoms with Gasteiger partial charge in [-0.2, -0.15) is 4.31 Å². The number of nitrogens with one attached hydrogen (secondary N) is 1. The second-order valence-corrected chi connectivity index (χ2v) is 12.4. The first-order chi connectivity index (χ1) is 14.0. The standard InChI is InChI=1S/C18H25Cl2N3O5S2/c1-29(25,26)23-9-3-4-14(12-23)21-18(24)13-7-10-22(11-8-13)30(27,28)17-15(19)5-2-6-16(17)20/h2,5-6,13-14H,3-4,7-12H2,1H3,(H,21,24). The maximum absolute atomic E-state index is 12.9. The summed E-state index contributed by atoms with van der Waals surface area (Å²) in [6.07, 6.45) is 3.31. The number of piperidine rings is 2. The first kappa shape index (κ1) is 23.7. The smallest absolute Gasteiger partial charge is 0.246 e. The molecule has 1 aromatic carbocycles. The van der Waals surface area contributed by atoms with Crippen LogP contribution in [-0.2, 0) is 24.8 Å². The molecule has 2 fully saturated rings. The maximum atomic E-state index is 12.9. The minimum atomic E-state index is -3.86. The summed E-state index contributed by atoms with van der Waals surface area (Å²) in [6, 6.07) is 4.30. The lowest BCUT2D eigenvalue weighted by atomic mass is 9.96. The van der Waals surface area contributed by atoms with E-state index in [1.165, 1.54) is 27.0 Å². The molecule has 0 aromatic heterocycles. The largest absolute Gasteiger partial charge is 0.352 e. The van der Waals surface area contributed by atoms with E-state index in [-0.39, 0.29) is 52.4 Å². The number of hydrogen-bond acceptors (Lipinski definition) is 5. The molecule has 2 heterocycles. The Morgan fingerprint density at radius 3 is 2.17 bits per heavy atom. The van der Waals surface area contributed by atoms with Crippen LogP contribution in [0.3, 0.4) is 0 Å². The molecule has 0 spiro atoms. The Kier molecular flexibility index (Phi) is 7.36. The molecule has 2 aliphatic rings. The molecule has 0 radical (unpaired) electrons. The van der Waals surface area contributed by atoms with E-state index in [1.807, 2.05) is 0 Å². The van der Waals surface area contributed by atoms with Gasteiger partial charge in [0.25, 0.3) is 0 Å². The normalized spacial score (nSPS) is 22.7. The Labute approximate surface area is 187 Å². The summed E-state index contributed by atoms with van der Waals surface area (Å²) >= 11 is 12.1. The van der Waals surface area contributed by atoms with Crippen LogP contribution in [0.1, 0.15) is 25.7 Å². The Morgan fingerprint density at radius 2 is 1.60 bits per heavy atom. The molecule has 1 N–H and O–H groups in total. The SMILES string of the molecule is CS(=O)(=O)N1CCCC(NC(=O)C2CCN(S(=O)(=O)c3c(Cl)cccc3Cl)CC2)C1. The Bertz CT molecular complexity index is 988. The van der Waals surface area contributed by atoms with Gasteiger partial charge in [-0.1, -0.05) is 29.3 Å². The molecule has 2 saturated heterocycles. The Hall–Kier alpha value is -0.910. The van der Waals surface area contributed by atoms with Gasteiger partial charge in [0.2, 0.25) is 26.0 Å². The van der Waals surface area contributed by atoms with Gasteiger partial charge in [-0.15, -0.1) is 0 Å². The van der Waals surface area contributed by atoms with E-state index in [4.69, 9.17) is 23.2 Å². The lowest BCUT2D eigenvalue weighted by Gasteiger charge is -2.34. The summed E-state index contributed by atoms with van der Waals surface area (Å²) in [6.45, 7) is 1.10. The van der Waals surface area contributed by atoms with Gasteiger partial charge in [-0.3, -0.25) is 4.79 Å². The highest BCUT2D eigenvalue weighted by Gasteiger charge is 2.35. The van der Waals surface area contributed by atoms with E-state index >= 15 is 0 Å². The molecule has 168 valence electrons. The molecule has 0 aliphatic carbocycles. The van der Waals surface area contributed by atoms with Gasteiger partial charge < -0.3 is 5.32 Å². The van der Waals surface area contributed by atoms with Crippen LogP contribution in [0.15, 0.2) is 23.1 Å². The quantitative estimate of drug-likeness (QED) is 0.669. The minimum Gasteiger partial charge on any atom is -0.352 e. The molecule has 0 saturated carbocycles. The van der Waals surface area contributed by atoms with Crippen molar-refractivity contribution in [2.45, 2.75) is 36.6 Å².